The molecule has 2 aliphatic heterocycles. The summed E-state index contributed by atoms with van der Waals surface area (Å²) in [7, 11) is 1.73. The second kappa shape index (κ2) is 13.1. The van der Waals surface area contributed by atoms with Crippen molar-refractivity contribution in [3.63, 3.8) is 0 Å². The van der Waals surface area contributed by atoms with Crippen molar-refractivity contribution >= 4 is 29.9 Å². The van der Waals surface area contributed by atoms with Crippen LogP contribution in [0, 0.1) is 5.92 Å². The Hall–Kier alpha value is -0.330. The highest BCUT2D eigenvalue weighted by atomic mass is 127. The highest BCUT2D eigenvalue weighted by Gasteiger charge is 2.34. The third-order valence-corrected chi connectivity index (χ3v) is 5.19. The summed E-state index contributed by atoms with van der Waals surface area (Å²) in [5, 5.41) is 6.53. The number of hydrogen-bond donors (Lipinski definition) is 2. The first-order valence-corrected chi connectivity index (χ1v) is 9.95. The number of hydrogen-bond acceptors (Lipinski definition) is 4. The van der Waals surface area contributed by atoms with Crippen molar-refractivity contribution < 1.29 is 17.9 Å². The number of piperidine rings is 1. The molecular weight excluding hydrogens is 486 g/mol. The van der Waals surface area contributed by atoms with Gasteiger partial charge in [0.25, 0.3) is 0 Å². The average Bonchev–Trinajstić information content (AvgIpc) is 3.04. The van der Waals surface area contributed by atoms with Crippen molar-refractivity contribution in [3.05, 3.63) is 0 Å². The van der Waals surface area contributed by atoms with Gasteiger partial charge in [0.1, 0.15) is 0 Å². The highest BCUT2D eigenvalue weighted by molar-refractivity contribution is 14.0. The quantitative estimate of drug-likeness (QED) is 0.292. The van der Waals surface area contributed by atoms with Gasteiger partial charge in [0.2, 0.25) is 0 Å². The Morgan fingerprint density at radius 1 is 1.14 bits per heavy atom. The van der Waals surface area contributed by atoms with Gasteiger partial charge in [0.05, 0.1) is 13.2 Å². The Bertz CT molecular complexity index is 459. The van der Waals surface area contributed by atoms with E-state index in [1.54, 1.807) is 7.11 Å². The van der Waals surface area contributed by atoms with Crippen molar-refractivity contribution in [2.45, 2.75) is 38.4 Å². The summed E-state index contributed by atoms with van der Waals surface area (Å²) in [5.41, 5.74) is 0. The molecule has 1 unspecified atom stereocenters. The molecule has 0 saturated carbocycles. The molecule has 1 atom stereocenters. The van der Waals surface area contributed by atoms with E-state index >= 15 is 0 Å². The van der Waals surface area contributed by atoms with Crippen LogP contribution in [-0.4, -0.2) is 94.1 Å². The second-order valence-electron chi connectivity index (χ2n) is 7.48. The van der Waals surface area contributed by atoms with Gasteiger partial charge in [-0.05, 0) is 45.2 Å². The lowest BCUT2D eigenvalue weighted by atomic mass is 9.97. The molecule has 10 heteroatoms. The molecule has 2 aliphatic rings. The molecule has 2 N–H and O–H groups in total. The fourth-order valence-electron chi connectivity index (χ4n) is 3.69. The van der Waals surface area contributed by atoms with Crippen molar-refractivity contribution in [1.29, 1.82) is 0 Å². The molecule has 0 spiro atoms. The third-order valence-electron chi connectivity index (χ3n) is 5.19. The van der Waals surface area contributed by atoms with Crippen LogP contribution in [0.15, 0.2) is 4.99 Å². The van der Waals surface area contributed by atoms with Gasteiger partial charge >= 0.3 is 6.18 Å². The monoisotopic (exact) mass is 521 g/mol. The maximum atomic E-state index is 12.5. The lowest BCUT2D eigenvalue weighted by molar-refractivity contribution is -0.143. The summed E-state index contributed by atoms with van der Waals surface area (Å²) in [6.45, 7) is 7.42. The molecule has 0 aliphatic carbocycles. The topological polar surface area (TPSA) is 52.1 Å². The lowest BCUT2D eigenvalue weighted by Crippen LogP contribution is -2.45. The third kappa shape index (κ3) is 9.93. The molecule has 6 nitrogen and oxygen atoms in total. The minimum absolute atomic E-state index is 0. The van der Waals surface area contributed by atoms with Gasteiger partial charge in [-0.2, -0.15) is 13.2 Å². The van der Waals surface area contributed by atoms with Crippen molar-refractivity contribution in [3.8, 4) is 0 Å². The van der Waals surface area contributed by atoms with E-state index in [1.165, 1.54) is 4.90 Å². The molecule has 0 bridgehead atoms. The molecule has 2 saturated heterocycles. The van der Waals surface area contributed by atoms with Crippen LogP contribution >= 0.6 is 24.0 Å². The molecule has 0 aromatic heterocycles. The molecule has 2 heterocycles. The molecular formula is C18H35F3IN5O. The number of rotatable bonds is 8. The zero-order chi connectivity index (χ0) is 19.7. The Morgan fingerprint density at radius 3 is 2.43 bits per heavy atom. The average molecular weight is 521 g/mol. The van der Waals surface area contributed by atoms with Gasteiger partial charge in [-0.15, -0.1) is 24.0 Å². The number of methoxy groups -OCH3 is 1. The van der Waals surface area contributed by atoms with Crippen molar-refractivity contribution in [2.75, 3.05) is 66.1 Å². The van der Waals surface area contributed by atoms with Gasteiger partial charge in [0.15, 0.2) is 5.96 Å². The molecule has 2 fully saturated rings. The van der Waals surface area contributed by atoms with Crippen LogP contribution in [0.3, 0.4) is 0 Å². The van der Waals surface area contributed by atoms with E-state index in [0.29, 0.717) is 25.4 Å². The second-order valence-corrected chi connectivity index (χ2v) is 7.48. The summed E-state index contributed by atoms with van der Waals surface area (Å²) < 4.78 is 42.7. The van der Waals surface area contributed by atoms with Crippen LogP contribution in [0.5, 0.6) is 0 Å². The zero-order valence-corrected chi connectivity index (χ0v) is 19.3. The van der Waals surface area contributed by atoms with Gasteiger partial charge in [-0.1, -0.05) is 0 Å². The summed E-state index contributed by atoms with van der Waals surface area (Å²) in [5.74, 6) is 1.28. The van der Waals surface area contributed by atoms with Gasteiger partial charge in [0, 0.05) is 45.9 Å². The number of nitrogens with one attached hydrogen (secondary N) is 2. The number of ether oxygens (including phenoxy) is 1. The number of alkyl halides is 3. The highest BCUT2D eigenvalue weighted by Crippen LogP contribution is 2.20. The Balaban J connectivity index is 0.00000392. The van der Waals surface area contributed by atoms with Crippen molar-refractivity contribution in [2.24, 2.45) is 10.9 Å². The molecule has 2 rings (SSSR count). The van der Waals surface area contributed by atoms with Gasteiger partial charge in [-0.3, -0.25) is 9.89 Å². The molecule has 0 aromatic rings. The molecule has 28 heavy (non-hydrogen) atoms. The Labute approximate surface area is 183 Å². The van der Waals surface area contributed by atoms with E-state index in [4.69, 9.17) is 9.73 Å². The fourth-order valence-corrected chi connectivity index (χ4v) is 3.69. The van der Waals surface area contributed by atoms with Crippen LogP contribution in [0.2, 0.25) is 0 Å². The maximum Gasteiger partial charge on any atom is 0.401 e. The Morgan fingerprint density at radius 2 is 1.82 bits per heavy atom. The number of guanidine groups is 1. The van der Waals surface area contributed by atoms with E-state index in [-0.39, 0.29) is 30.0 Å². The van der Waals surface area contributed by atoms with E-state index in [1.807, 2.05) is 6.92 Å². The predicted molar refractivity (Wildman–Crippen MR) is 116 cm³/mol. The minimum atomic E-state index is -4.13. The van der Waals surface area contributed by atoms with E-state index in [0.717, 1.165) is 58.1 Å². The van der Waals surface area contributed by atoms with Crippen LogP contribution in [0.1, 0.15) is 26.2 Å². The van der Waals surface area contributed by atoms with Crippen LogP contribution in [0.25, 0.3) is 0 Å². The fraction of sp³-hybridized carbons (Fsp3) is 0.944. The first-order valence-electron chi connectivity index (χ1n) is 9.95. The van der Waals surface area contributed by atoms with E-state index in [9.17, 15) is 13.2 Å². The number of halogens is 4. The van der Waals surface area contributed by atoms with Gasteiger partial charge < -0.3 is 20.3 Å². The summed E-state index contributed by atoms with van der Waals surface area (Å²) in [6, 6.07) is 0.0149. The Kier molecular flexibility index (Phi) is 12.0. The molecule has 166 valence electrons. The largest absolute Gasteiger partial charge is 0.401 e. The SMILES string of the molecule is CCNC(=NCC1CCN(CCOC)CC1)NC1CCN(CC(F)(F)F)C1.I. The first-order chi connectivity index (χ1) is 12.9. The summed E-state index contributed by atoms with van der Waals surface area (Å²) in [6.07, 6.45) is -1.19. The zero-order valence-electron chi connectivity index (χ0n) is 16.9. The van der Waals surface area contributed by atoms with Gasteiger partial charge in [-0.25, -0.2) is 0 Å². The van der Waals surface area contributed by atoms with Crippen LogP contribution < -0.4 is 10.6 Å². The molecule has 0 aromatic carbocycles. The number of nitrogens with zero attached hydrogens (tertiary/aromatic N) is 3. The summed E-state index contributed by atoms with van der Waals surface area (Å²) in [4.78, 5) is 8.57. The smallest absolute Gasteiger partial charge is 0.383 e. The standard InChI is InChI=1S/C18H34F3N5O.HI/c1-3-22-17(24-16-6-9-26(13-16)14-18(19,20)21)23-12-15-4-7-25(8-5-15)10-11-27-2;/h15-16H,3-14H2,1-2H3,(H2,22,23,24);1H. The number of likely N-dealkylation sites (tertiary alicyclic amines) is 2. The normalized spacial score (nSPS) is 22.9. The van der Waals surface area contributed by atoms with Crippen molar-refractivity contribution in [1.82, 2.24) is 20.4 Å². The van der Waals surface area contributed by atoms with Crippen LogP contribution in [0.4, 0.5) is 13.2 Å². The molecule has 0 amide bonds. The first kappa shape index (κ1) is 25.7. The maximum absolute atomic E-state index is 12.5. The lowest BCUT2D eigenvalue weighted by Gasteiger charge is -2.31. The van der Waals surface area contributed by atoms with E-state index < -0.39 is 12.7 Å². The minimum Gasteiger partial charge on any atom is -0.383 e. The van der Waals surface area contributed by atoms with E-state index in [2.05, 4.69) is 15.5 Å². The number of aliphatic imine (C=N–C) groups is 1. The molecule has 0 radical (unpaired) electrons. The summed E-state index contributed by atoms with van der Waals surface area (Å²) >= 11 is 0. The van der Waals surface area contributed by atoms with Crippen LogP contribution in [-0.2, 0) is 4.74 Å². The predicted octanol–water partition coefficient (Wildman–Crippen LogP) is 2.15.